The molecule has 1 saturated carbocycles. The van der Waals surface area contributed by atoms with Crippen LogP contribution >= 0.6 is 0 Å². The highest BCUT2D eigenvalue weighted by Crippen LogP contribution is 2.40. The van der Waals surface area contributed by atoms with Crippen LogP contribution in [0.2, 0.25) is 0 Å². The maximum atomic E-state index is 13.4. The summed E-state index contributed by atoms with van der Waals surface area (Å²) in [7, 11) is 4.09. The molecule has 1 aliphatic rings. The average Bonchev–Trinajstić information content (AvgIpc) is 2.73. The highest BCUT2D eigenvalue weighted by atomic mass is 19.1. The van der Waals surface area contributed by atoms with Crippen LogP contribution in [0.4, 0.5) is 10.1 Å². The zero-order chi connectivity index (χ0) is 20.7. The molecule has 0 radical (unpaired) electrons. The Balaban J connectivity index is 1.66. The number of carbonyl (C=O) groups is 1. The number of rotatable bonds is 8. The van der Waals surface area contributed by atoms with Gasteiger partial charge in [-0.15, -0.1) is 0 Å². The first-order valence-electron chi connectivity index (χ1n) is 10.4. The number of ether oxygens (including phenoxy) is 1. The van der Waals surface area contributed by atoms with Crippen molar-refractivity contribution < 1.29 is 13.9 Å². The maximum Gasteiger partial charge on any atom is 0.235 e. The number of anilines is 1. The molecule has 3 rings (SSSR count). The number of hydrogen-bond acceptors (Lipinski definition) is 3. The molecule has 2 aromatic carbocycles. The largest absolute Gasteiger partial charge is 0.494 e. The van der Waals surface area contributed by atoms with Gasteiger partial charge >= 0.3 is 0 Å². The summed E-state index contributed by atoms with van der Waals surface area (Å²) in [5, 5.41) is 3.08. The minimum atomic E-state index is -0.590. The number of benzene rings is 2. The van der Waals surface area contributed by atoms with Crippen LogP contribution < -0.4 is 10.1 Å². The van der Waals surface area contributed by atoms with Gasteiger partial charge in [-0.2, -0.15) is 0 Å². The maximum absolute atomic E-state index is 13.4. The predicted molar refractivity (Wildman–Crippen MR) is 115 cm³/mol. The third kappa shape index (κ3) is 5.57. The first-order chi connectivity index (χ1) is 14.0. The predicted octanol–water partition coefficient (Wildman–Crippen LogP) is 5.00. The highest BCUT2D eigenvalue weighted by molar-refractivity contribution is 5.99. The Labute approximate surface area is 173 Å². The molecule has 2 aromatic rings. The van der Waals surface area contributed by atoms with E-state index in [-0.39, 0.29) is 11.7 Å². The van der Waals surface area contributed by atoms with Gasteiger partial charge in [0.2, 0.25) is 5.91 Å². The van der Waals surface area contributed by atoms with E-state index in [1.165, 1.54) is 12.1 Å². The van der Waals surface area contributed by atoms with E-state index < -0.39 is 5.41 Å². The lowest BCUT2D eigenvalue weighted by atomic mass is 9.68. The van der Waals surface area contributed by atoms with Crippen LogP contribution in [0, 0.1) is 5.82 Å². The Morgan fingerprint density at radius 2 is 1.69 bits per heavy atom. The lowest BCUT2D eigenvalue weighted by molar-refractivity contribution is -0.122. The fourth-order valence-electron chi connectivity index (χ4n) is 4.03. The van der Waals surface area contributed by atoms with Gasteiger partial charge in [0.25, 0.3) is 0 Å². The van der Waals surface area contributed by atoms with Crippen LogP contribution in [0.5, 0.6) is 5.75 Å². The summed E-state index contributed by atoms with van der Waals surface area (Å²) < 4.78 is 19.2. The van der Waals surface area contributed by atoms with Crippen molar-refractivity contribution in [3.05, 3.63) is 59.9 Å². The smallest absolute Gasteiger partial charge is 0.235 e. The van der Waals surface area contributed by atoms with Gasteiger partial charge in [-0.25, -0.2) is 4.39 Å². The molecule has 4 nitrogen and oxygen atoms in total. The van der Waals surface area contributed by atoms with Crippen molar-refractivity contribution in [2.24, 2.45) is 0 Å². The summed E-state index contributed by atoms with van der Waals surface area (Å²) >= 11 is 0. The van der Waals surface area contributed by atoms with Crippen molar-refractivity contribution in [3.8, 4) is 5.75 Å². The molecule has 0 atom stereocenters. The van der Waals surface area contributed by atoms with Gasteiger partial charge < -0.3 is 15.0 Å². The molecule has 0 aliphatic heterocycles. The summed E-state index contributed by atoms with van der Waals surface area (Å²) in [4.78, 5) is 15.4. The number of halogens is 1. The monoisotopic (exact) mass is 398 g/mol. The Kier molecular flexibility index (Phi) is 7.26. The minimum absolute atomic E-state index is 0.0107. The van der Waals surface area contributed by atoms with Crippen LogP contribution in [0.15, 0.2) is 48.5 Å². The molecule has 1 aliphatic carbocycles. The molecule has 1 N–H and O–H groups in total. The van der Waals surface area contributed by atoms with E-state index in [2.05, 4.69) is 10.2 Å². The molecule has 29 heavy (non-hydrogen) atoms. The van der Waals surface area contributed by atoms with Gasteiger partial charge in [-0.1, -0.05) is 31.4 Å². The van der Waals surface area contributed by atoms with Crippen LogP contribution in [0.1, 0.15) is 44.1 Å². The van der Waals surface area contributed by atoms with Crippen molar-refractivity contribution in [3.63, 3.8) is 0 Å². The molecule has 0 aromatic heterocycles. The second kappa shape index (κ2) is 9.88. The summed E-state index contributed by atoms with van der Waals surface area (Å²) in [6, 6.07) is 13.9. The molecular weight excluding hydrogens is 367 g/mol. The second-order valence-corrected chi connectivity index (χ2v) is 8.13. The normalized spacial score (nSPS) is 15.9. The quantitative estimate of drug-likeness (QED) is 0.637. The Morgan fingerprint density at radius 3 is 2.31 bits per heavy atom. The van der Waals surface area contributed by atoms with Gasteiger partial charge in [-0.05, 0) is 75.3 Å². The zero-order valence-corrected chi connectivity index (χ0v) is 17.4. The van der Waals surface area contributed by atoms with Crippen molar-refractivity contribution in [1.82, 2.24) is 4.90 Å². The molecule has 0 unspecified atom stereocenters. The van der Waals surface area contributed by atoms with E-state index in [9.17, 15) is 9.18 Å². The molecule has 0 spiro atoms. The minimum Gasteiger partial charge on any atom is -0.494 e. The Morgan fingerprint density at radius 1 is 1.03 bits per heavy atom. The molecule has 0 heterocycles. The summed E-state index contributed by atoms with van der Waals surface area (Å²) in [6.07, 6.45) is 5.69. The van der Waals surface area contributed by atoms with E-state index in [4.69, 9.17) is 4.74 Å². The SMILES string of the molecule is CN(C)CCCOc1ccc(NC(=O)C2(c3ccc(F)cc3)CCCCC2)cc1. The van der Waals surface area contributed by atoms with Crippen molar-refractivity contribution >= 4 is 11.6 Å². The summed E-state index contributed by atoms with van der Waals surface area (Å²) in [6.45, 7) is 1.65. The topological polar surface area (TPSA) is 41.6 Å². The number of amides is 1. The van der Waals surface area contributed by atoms with Crippen LogP contribution in [-0.2, 0) is 10.2 Å². The number of nitrogens with one attached hydrogen (secondary N) is 1. The first kappa shape index (κ1) is 21.3. The molecule has 0 bridgehead atoms. The van der Waals surface area contributed by atoms with E-state index >= 15 is 0 Å². The van der Waals surface area contributed by atoms with Crippen LogP contribution in [-0.4, -0.2) is 38.1 Å². The van der Waals surface area contributed by atoms with E-state index in [0.717, 1.165) is 62.1 Å². The van der Waals surface area contributed by atoms with Crippen molar-refractivity contribution in [2.75, 3.05) is 32.6 Å². The second-order valence-electron chi connectivity index (χ2n) is 8.13. The van der Waals surface area contributed by atoms with E-state index in [0.29, 0.717) is 6.61 Å². The molecule has 1 fully saturated rings. The molecule has 0 saturated heterocycles. The lowest BCUT2D eigenvalue weighted by Crippen LogP contribution is -2.42. The number of nitrogens with zero attached hydrogens (tertiary/aromatic N) is 1. The third-order valence-corrected chi connectivity index (χ3v) is 5.67. The Bertz CT molecular complexity index is 782. The fraction of sp³-hybridized carbons (Fsp3) is 0.458. The molecular formula is C24H31FN2O2. The lowest BCUT2D eigenvalue weighted by Gasteiger charge is -2.36. The van der Waals surface area contributed by atoms with Crippen molar-refractivity contribution in [2.45, 2.75) is 43.9 Å². The summed E-state index contributed by atoms with van der Waals surface area (Å²) in [5.41, 5.74) is 1.06. The number of hydrogen-bond donors (Lipinski definition) is 1. The third-order valence-electron chi connectivity index (χ3n) is 5.67. The van der Waals surface area contributed by atoms with Gasteiger partial charge in [0.1, 0.15) is 11.6 Å². The summed E-state index contributed by atoms with van der Waals surface area (Å²) in [5.74, 6) is 0.511. The van der Waals surface area contributed by atoms with E-state index in [1.807, 2.05) is 38.4 Å². The van der Waals surface area contributed by atoms with Gasteiger partial charge in [0.05, 0.1) is 12.0 Å². The molecule has 1 amide bonds. The highest BCUT2D eigenvalue weighted by Gasteiger charge is 2.41. The number of carbonyl (C=O) groups excluding carboxylic acids is 1. The molecule has 156 valence electrons. The Hall–Kier alpha value is -2.40. The van der Waals surface area contributed by atoms with Crippen LogP contribution in [0.25, 0.3) is 0 Å². The van der Waals surface area contributed by atoms with Gasteiger partial charge in [0.15, 0.2) is 0 Å². The van der Waals surface area contributed by atoms with E-state index in [1.54, 1.807) is 12.1 Å². The van der Waals surface area contributed by atoms with Gasteiger partial charge in [0, 0.05) is 12.2 Å². The fourth-order valence-corrected chi connectivity index (χ4v) is 4.03. The van der Waals surface area contributed by atoms with Gasteiger partial charge in [-0.3, -0.25) is 4.79 Å². The van der Waals surface area contributed by atoms with Crippen LogP contribution in [0.3, 0.4) is 0 Å². The average molecular weight is 399 g/mol. The molecule has 5 heteroatoms. The standard InChI is InChI=1S/C24H31FN2O2/c1-27(2)17-6-18-29-22-13-11-21(12-14-22)26-23(28)24(15-4-3-5-16-24)19-7-9-20(25)10-8-19/h7-14H,3-6,15-18H2,1-2H3,(H,26,28). The van der Waals surface area contributed by atoms with Crippen molar-refractivity contribution in [1.29, 1.82) is 0 Å². The first-order valence-corrected chi connectivity index (χ1v) is 10.4. The zero-order valence-electron chi connectivity index (χ0n) is 17.4.